The second-order valence-electron chi connectivity index (χ2n) is 4.96. The summed E-state index contributed by atoms with van der Waals surface area (Å²) in [6.07, 6.45) is 4.08. The van der Waals surface area contributed by atoms with Crippen LogP contribution in [0, 0.1) is 0 Å². The van der Waals surface area contributed by atoms with E-state index in [1.54, 1.807) is 0 Å². The number of piperidine rings is 1. The van der Waals surface area contributed by atoms with Crippen LogP contribution in [0.3, 0.4) is 0 Å². The number of hydrogen-bond donors (Lipinski definition) is 1. The summed E-state index contributed by atoms with van der Waals surface area (Å²) in [5.41, 5.74) is 1.42. The van der Waals surface area contributed by atoms with Gasteiger partial charge in [-0.25, -0.2) is 0 Å². The molecule has 0 amide bonds. The first-order valence-corrected chi connectivity index (χ1v) is 6.88. The number of nitrogens with zero attached hydrogens (tertiary/aromatic N) is 1. The van der Waals surface area contributed by atoms with Crippen molar-refractivity contribution in [2.24, 2.45) is 0 Å². The summed E-state index contributed by atoms with van der Waals surface area (Å²) in [5, 5.41) is 3.63. The van der Waals surface area contributed by atoms with Crippen LogP contribution in [-0.2, 0) is 6.54 Å². The normalized spacial score (nSPS) is 20.7. The molecule has 94 valence electrons. The highest BCUT2D eigenvalue weighted by atomic mass is 15.1. The molecule has 0 radical (unpaired) electrons. The third-order valence-corrected chi connectivity index (χ3v) is 3.59. The van der Waals surface area contributed by atoms with Gasteiger partial charge in [0.15, 0.2) is 0 Å². The van der Waals surface area contributed by atoms with Crippen LogP contribution in [0.2, 0.25) is 0 Å². The maximum absolute atomic E-state index is 3.63. The first-order valence-electron chi connectivity index (χ1n) is 6.88. The van der Waals surface area contributed by atoms with Gasteiger partial charge < -0.3 is 5.32 Å². The number of benzene rings is 1. The van der Waals surface area contributed by atoms with Crippen LogP contribution in [-0.4, -0.2) is 30.6 Å². The van der Waals surface area contributed by atoms with Gasteiger partial charge in [0.1, 0.15) is 0 Å². The summed E-state index contributed by atoms with van der Waals surface area (Å²) < 4.78 is 0. The van der Waals surface area contributed by atoms with E-state index in [4.69, 9.17) is 0 Å². The Morgan fingerprint density at radius 1 is 1.24 bits per heavy atom. The maximum atomic E-state index is 3.63. The smallest absolute Gasteiger partial charge is 0.0234 e. The second kappa shape index (κ2) is 6.77. The number of rotatable bonds is 5. The van der Waals surface area contributed by atoms with Gasteiger partial charge >= 0.3 is 0 Å². The van der Waals surface area contributed by atoms with E-state index in [1.165, 1.54) is 37.9 Å². The number of hydrogen-bond acceptors (Lipinski definition) is 2. The molecule has 0 aromatic heterocycles. The van der Waals surface area contributed by atoms with Gasteiger partial charge in [-0.1, -0.05) is 43.7 Å². The van der Waals surface area contributed by atoms with E-state index >= 15 is 0 Å². The van der Waals surface area contributed by atoms with E-state index in [0.29, 0.717) is 6.04 Å². The topological polar surface area (TPSA) is 15.3 Å². The molecule has 17 heavy (non-hydrogen) atoms. The van der Waals surface area contributed by atoms with Crippen molar-refractivity contribution in [2.45, 2.75) is 38.8 Å². The molecule has 1 aromatic rings. The van der Waals surface area contributed by atoms with Gasteiger partial charge in [0.25, 0.3) is 0 Å². The van der Waals surface area contributed by atoms with Crippen molar-refractivity contribution in [1.82, 2.24) is 10.2 Å². The molecule has 1 fully saturated rings. The van der Waals surface area contributed by atoms with Crippen molar-refractivity contribution in [3.63, 3.8) is 0 Å². The maximum Gasteiger partial charge on any atom is 0.0234 e. The fraction of sp³-hybridized carbons (Fsp3) is 0.600. The van der Waals surface area contributed by atoms with Crippen LogP contribution < -0.4 is 5.32 Å². The van der Waals surface area contributed by atoms with Gasteiger partial charge in [0, 0.05) is 19.1 Å². The fourth-order valence-electron chi connectivity index (χ4n) is 2.54. The summed E-state index contributed by atoms with van der Waals surface area (Å²) in [6.45, 7) is 6.85. The Kier molecular flexibility index (Phi) is 5.02. The standard InChI is InChI=1S/C15H24N2/c1-2-17(12-14-8-4-3-5-9-14)13-15-10-6-7-11-16-15/h3-5,8-9,15-16H,2,6-7,10-13H2,1H3/t15-/m1/s1. The highest BCUT2D eigenvalue weighted by Crippen LogP contribution is 2.10. The summed E-state index contributed by atoms with van der Waals surface area (Å²) >= 11 is 0. The van der Waals surface area contributed by atoms with E-state index in [-0.39, 0.29) is 0 Å². The molecule has 2 heteroatoms. The Morgan fingerprint density at radius 2 is 2.06 bits per heavy atom. The van der Waals surface area contributed by atoms with Crippen molar-refractivity contribution in [3.05, 3.63) is 35.9 Å². The largest absolute Gasteiger partial charge is 0.313 e. The van der Waals surface area contributed by atoms with E-state index in [1.807, 2.05) is 0 Å². The predicted molar refractivity (Wildman–Crippen MR) is 73.0 cm³/mol. The minimum absolute atomic E-state index is 0.701. The Morgan fingerprint density at radius 3 is 2.71 bits per heavy atom. The van der Waals surface area contributed by atoms with E-state index in [2.05, 4.69) is 47.5 Å². The molecule has 1 atom stereocenters. The van der Waals surface area contributed by atoms with Crippen LogP contribution in [0.1, 0.15) is 31.7 Å². The van der Waals surface area contributed by atoms with E-state index < -0.39 is 0 Å². The Labute approximate surface area is 105 Å². The Bertz CT molecular complexity index is 304. The molecule has 0 aliphatic carbocycles. The first-order chi connectivity index (χ1) is 8.38. The van der Waals surface area contributed by atoms with Crippen molar-refractivity contribution in [1.29, 1.82) is 0 Å². The lowest BCUT2D eigenvalue weighted by Gasteiger charge is -2.29. The molecule has 0 saturated carbocycles. The van der Waals surface area contributed by atoms with Gasteiger partial charge in [-0.3, -0.25) is 4.90 Å². The quantitative estimate of drug-likeness (QED) is 0.839. The zero-order valence-corrected chi connectivity index (χ0v) is 10.9. The van der Waals surface area contributed by atoms with Gasteiger partial charge in [0.05, 0.1) is 0 Å². The van der Waals surface area contributed by atoms with Crippen molar-refractivity contribution < 1.29 is 0 Å². The monoisotopic (exact) mass is 232 g/mol. The van der Waals surface area contributed by atoms with Crippen LogP contribution in [0.25, 0.3) is 0 Å². The van der Waals surface area contributed by atoms with E-state index in [9.17, 15) is 0 Å². The molecule has 0 bridgehead atoms. The minimum atomic E-state index is 0.701. The van der Waals surface area contributed by atoms with Crippen LogP contribution in [0.15, 0.2) is 30.3 Å². The minimum Gasteiger partial charge on any atom is -0.313 e. The molecule has 0 unspecified atom stereocenters. The molecule has 0 spiro atoms. The summed E-state index contributed by atoms with van der Waals surface area (Å²) in [4.78, 5) is 2.54. The second-order valence-corrected chi connectivity index (χ2v) is 4.96. The zero-order valence-electron chi connectivity index (χ0n) is 10.9. The summed E-state index contributed by atoms with van der Waals surface area (Å²) in [7, 11) is 0. The van der Waals surface area contributed by atoms with Crippen molar-refractivity contribution in [3.8, 4) is 0 Å². The predicted octanol–water partition coefficient (Wildman–Crippen LogP) is 2.65. The third-order valence-electron chi connectivity index (χ3n) is 3.59. The Hall–Kier alpha value is -0.860. The molecular formula is C15H24N2. The van der Waals surface area contributed by atoms with Gasteiger partial charge in [-0.05, 0) is 31.5 Å². The Balaban J connectivity index is 1.83. The lowest BCUT2D eigenvalue weighted by molar-refractivity contribution is 0.226. The number of likely N-dealkylation sites (N-methyl/N-ethyl adjacent to an activating group) is 1. The van der Waals surface area contributed by atoms with Crippen LogP contribution in [0.5, 0.6) is 0 Å². The third kappa shape index (κ3) is 4.14. The zero-order chi connectivity index (χ0) is 11.9. The molecule has 2 rings (SSSR count). The summed E-state index contributed by atoms with van der Waals surface area (Å²) in [6, 6.07) is 11.5. The van der Waals surface area contributed by atoms with Gasteiger partial charge in [-0.2, -0.15) is 0 Å². The average Bonchev–Trinajstić information content (AvgIpc) is 2.40. The first kappa shape index (κ1) is 12.6. The fourth-order valence-corrected chi connectivity index (χ4v) is 2.54. The molecular weight excluding hydrogens is 208 g/mol. The average molecular weight is 232 g/mol. The van der Waals surface area contributed by atoms with E-state index in [0.717, 1.165) is 13.1 Å². The number of nitrogens with one attached hydrogen (secondary N) is 1. The summed E-state index contributed by atoms with van der Waals surface area (Å²) in [5.74, 6) is 0. The molecule has 1 aliphatic rings. The molecule has 2 nitrogen and oxygen atoms in total. The highest BCUT2D eigenvalue weighted by molar-refractivity contribution is 5.14. The van der Waals surface area contributed by atoms with Gasteiger partial charge in [-0.15, -0.1) is 0 Å². The van der Waals surface area contributed by atoms with Crippen LogP contribution >= 0.6 is 0 Å². The molecule has 1 heterocycles. The SMILES string of the molecule is CCN(Cc1ccccc1)C[C@H]1CCCCN1. The molecule has 1 aliphatic heterocycles. The lowest BCUT2D eigenvalue weighted by Crippen LogP contribution is -2.43. The molecule has 1 N–H and O–H groups in total. The van der Waals surface area contributed by atoms with Crippen LogP contribution in [0.4, 0.5) is 0 Å². The van der Waals surface area contributed by atoms with Crippen molar-refractivity contribution in [2.75, 3.05) is 19.6 Å². The highest BCUT2D eigenvalue weighted by Gasteiger charge is 2.15. The van der Waals surface area contributed by atoms with Crippen molar-refractivity contribution >= 4 is 0 Å². The molecule has 1 aromatic carbocycles. The lowest BCUT2D eigenvalue weighted by atomic mass is 10.0. The van der Waals surface area contributed by atoms with Gasteiger partial charge in [0.2, 0.25) is 0 Å². The molecule has 1 saturated heterocycles.